The van der Waals surface area contributed by atoms with Gasteiger partial charge in [0.05, 0.1) is 35.8 Å². The van der Waals surface area contributed by atoms with E-state index in [0.717, 1.165) is 21.9 Å². The Morgan fingerprint density at radius 1 is 1.06 bits per heavy atom. The van der Waals surface area contributed by atoms with Crippen molar-refractivity contribution in [3.05, 3.63) is 92.7 Å². The van der Waals surface area contributed by atoms with Crippen LogP contribution in [0.1, 0.15) is 16.3 Å². The number of hydrogen-bond acceptors (Lipinski definition) is 7. The van der Waals surface area contributed by atoms with Crippen molar-refractivity contribution in [3.8, 4) is 17.2 Å². The summed E-state index contributed by atoms with van der Waals surface area (Å²) in [6, 6.07) is 19.1. The van der Waals surface area contributed by atoms with Gasteiger partial charge < -0.3 is 9.15 Å². The SMILES string of the molecule is COc1ccccc1-c1nc(CSc2nc3ccccc3c(=O)n2Cc2cccs2)c(C)o1. The third-order valence-corrected chi connectivity index (χ3v) is 7.14. The molecule has 0 aliphatic rings. The van der Waals surface area contributed by atoms with E-state index in [1.165, 1.54) is 11.8 Å². The summed E-state index contributed by atoms with van der Waals surface area (Å²) in [5.74, 6) is 2.48. The summed E-state index contributed by atoms with van der Waals surface area (Å²) in [4.78, 5) is 23.9. The summed E-state index contributed by atoms with van der Waals surface area (Å²) in [6.45, 7) is 2.38. The maximum atomic E-state index is 13.3. The second kappa shape index (κ2) is 9.25. The van der Waals surface area contributed by atoms with Crippen LogP contribution in [0.5, 0.6) is 5.75 Å². The van der Waals surface area contributed by atoms with Crippen LogP contribution in [0.25, 0.3) is 22.4 Å². The molecule has 0 fully saturated rings. The first-order valence-corrected chi connectivity index (χ1v) is 12.2. The van der Waals surface area contributed by atoms with Crippen LogP contribution < -0.4 is 10.3 Å². The van der Waals surface area contributed by atoms with Gasteiger partial charge in [-0.2, -0.15) is 0 Å². The zero-order valence-corrected chi connectivity index (χ0v) is 19.8. The monoisotopic (exact) mass is 475 g/mol. The van der Waals surface area contributed by atoms with Crippen molar-refractivity contribution in [2.75, 3.05) is 7.11 Å². The molecule has 0 unspecified atom stereocenters. The molecular weight excluding hydrogens is 454 g/mol. The largest absolute Gasteiger partial charge is 0.496 e. The number of thioether (sulfide) groups is 1. The molecule has 2 aromatic carbocycles. The smallest absolute Gasteiger partial charge is 0.262 e. The first kappa shape index (κ1) is 21.5. The first-order chi connectivity index (χ1) is 16.1. The van der Waals surface area contributed by atoms with Gasteiger partial charge in [0.1, 0.15) is 11.5 Å². The van der Waals surface area contributed by atoms with Crippen molar-refractivity contribution in [1.29, 1.82) is 0 Å². The average Bonchev–Trinajstić information content (AvgIpc) is 3.49. The van der Waals surface area contributed by atoms with Gasteiger partial charge in [0.15, 0.2) is 5.16 Å². The van der Waals surface area contributed by atoms with Crippen LogP contribution in [-0.2, 0) is 12.3 Å². The molecule has 8 heteroatoms. The number of rotatable bonds is 7. The van der Waals surface area contributed by atoms with Gasteiger partial charge in [-0.05, 0) is 42.6 Å². The molecule has 0 N–H and O–H groups in total. The van der Waals surface area contributed by atoms with E-state index in [1.807, 2.05) is 73.0 Å². The number of fused-ring (bicyclic) bond motifs is 1. The van der Waals surface area contributed by atoms with Crippen molar-refractivity contribution in [3.63, 3.8) is 0 Å². The first-order valence-electron chi connectivity index (χ1n) is 10.4. The van der Waals surface area contributed by atoms with E-state index in [1.54, 1.807) is 23.0 Å². The van der Waals surface area contributed by atoms with Gasteiger partial charge in [0, 0.05) is 10.6 Å². The second-order valence-electron chi connectivity index (χ2n) is 7.39. The summed E-state index contributed by atoms with van der Waals surface area (Å²) in [5, 5.41) is 3.29. The highest BCUT2D eigenvalue weighted by atomic mass is 32.2. The number of aromatic nitrogens is 3. The molecule has 5 rings (SSSR count). The normalized spacial score (nSPS) is 11.2. The molecule has 0 aliphatic carbocycles. The van der Waals surface area contributed by atoms with E-state index in [0.29, 0.717) is 40.0 Å². The number of oxazole rings is 1. The van der Waals surface area contributed by atoms with E-state index in [4.69, 9.17) is 19.1 Å². The number of thiophene rings is 1. The molecule has 6 nitrogen and oxygen atoms in total. The number of para-hydroxylation sites is 2. The molecule has 166 valence electrons. The Hall–Kier alpha value is -3.36. The van der Waals surface area contributed by atoms with E-state index >= 15 is 0 Å². The summed E-state index contributed by atoms with van der Waals surface area (Å²) >= 11 is 3.11. The number of hydrogen-bond donors (Lipinski definition) is 0. The van der Waals surface area contributed by atoms with Crippen molar-refractivity contribution < 1.29 is 9.15 Å². The molecule has 0 amide bonds. The fourth-order valence-electron chi connectivity index (χ4n) is 3.59. The van der Waals surface area contributed by atoms with Crippen molar-refractivity contribution in [2.45, 2.75) is 24.4 Å². The van der Waals surface area contributed by atoms with Crippen molar-refractivity contribution in [1.82, 2.24) is 14.5 Å². The van der Waals surface area contributed by atoms with Crippen molar-refractivity contribution >= 4 is 34.0 Å². The summed E-state index contributed by atoms with van der Waals surface area (Å²) < 4.78 is 13.1. The molecule has 0 spiro atoms. The van der Waals surface area contributed by atoms with E-state index in [2.05, 4.69) is 0 Å². The fourth-order valence-corrected chi connectivity index (χ4v) is 5.28. The maximum absolute atomic E-state index is 13.3. The molecule has 0 saturated heterocycles. The highest BCUT2D eigenvalue weighted by molar-refractivity contribution is 7.98. The zero-order chi connectivity index (χ0) is 22.8. The molecule has 33 heavy (non-hydrogen) atoms. The van der Waals surface area contributed by atoms with Crippen LogP contribution in [0, 0.1) is 6.92 Å². The van der Waals surface area contributed by atoms with Crippen LogP contribution in [0.15, 0.2) is 80.4 Å². The number of nitrogens with zero attached hydrogens (tertiary/aromatic N) is 3. The lowest BCUT2D eigenvalue weighted by atomic mass is 10.2. The molecule has 0 bridgehead atoms. The predicted octanol–water partition coefficient (Wildman–Crippen LogP) is 5.77. The van der Waals surface area contributed by atoms with Crippen LogP contribution in [-0.4, -0.2) is 21.6 Å². The van der Waals surface area contributed by atoms with Gasteiger partial charge in [0.25, 0.3) is 5.56 Å². The van der Waals surface area contributed by atoms with Gasteiger partial charge in [-0.15, -0.1) is 11.3 Å². The molecule has 0 atom stereocenters. The Kier molecular flexibility index (Phi) is 6.02. The van der Waals surface area contributed by atoms with Gasteiger partial charge in [0.2, 0.25) is 5.89 Å². The van der Waals surface area contributed by atoms with Crippen LogP contribution >= 0.6 is 23.1 Å². The molecule has 0 aliphatic heterocycles. The summed E-state index contributed by atoms with van der Waals surface area (Å²) in [7, 11) is 1.63. The fraction of sp³-hybridized carbons (Fsp3) is 0.160. The van der Waals surface area contributed by atoms with Crippen molar-refractivity contribution in [2.24, 2.45) is 0 Å². The summed E-state index contributed by atoms with van der Waals surface area (Å²) in [5.41, 5.74) is 2.27. The highest BCUT2D eigenvalue weighted by Gasteiger charge is 2.17. The van der Waals surface area contributed by atoms with Crippen LogP contribution in [0.2, 0.25) is 0 Å². The average molecular weight is 476 g/mol. The number of aryl methyl sites for hydroxylation is 1. The lowest BCUT2D eigenvalue weighted by molar-refractivity contribution is 0.414. The second-order valence-corrected chi connectivity index (χ2v) is 9.37. The number of benzene rings is 2. The molecule has 5 aromatic rings. The van der Waals surface area contributed by atoms with Crippen LogP contribution in [0.3, 0.4) is 0 Å². The lowest BCUT2D eigenvalue weighted by Crippen LogP contribution is -2.23. The minimum absolute atomic E-state index is 0.0388. The Bertz CT molecular complexity index is 1470. The Morgan fingerprint density at radius 3 is 2.70 bits per heavy atom. The Labute approximate surface area is 198 Å². The Balaban J connectivity index is 1.49. The third-order valence-electron chi connectivity index (χ3n) is 5.29. The number of methoxy groups -OCH3 is 1. The summed E-state index contributed by atoms with van der Waals surface area (Å²) in [6.07, 6.45) is 0. The molecular formula is C25H21N3O3S2. The van der Waals surface area contributed by atoms with E-state index in [-0.39, 0.29) is 5.56 Å². The van der Waals surface area contributed by atoms with Gasteiger partial charge in [-0.3, -0.25) is 9.36 Å². The van der Waals surface area contributed by atoms with Gasteiger partial charge in [-0.25, -0.2) is 9.97 Å². The lowest BCUT2D eigenvalue weighted by Gasteiger charge is -2.12. The molecule has 0 saturated carbocycles. The molecule has 0 radical (unpaired) electrons. The quantitative estimate of drug-likeness (QED) is 0.220. The minimum atomic E-state index is -0.0388. The van der Waals surface area contributed by atoms with E-state index in [9.17, 15) is 4.79 Å². The van der Waals surface area contributed by atoms with Crippen LogP contribution in [0.4, 0.5) is 0 Å². The standard InChI is InChI=1S/C25H21N3O3S2/c1-16-21(26-23(31-16)19-10-4-6-12-22(19)30-2)15-33-25-27-20-11-5-3-9-18(20)24(29)28(25)14-17-8-7-13-32-17/h3-13H,14-15H2,1-2H3. The molecule has 3 heterocycles. The van der Waals surface area contributed by atoms with Gasteiger partial charge in [-0.1, -0.05) is 42.1 Å². The topological polar surface area (TPSA) is 70.2 Å². The predicted molar refractivity (Wildman–Crippen MR) is 132 cm³/mol. The highest BCUT2D eigenvalue weighted by Crippen LogP contribution is 2.32. The number of ether oxygens (including phenoxy) is 1. The minimum Gasteiger partial charge on any atom is -0.496 e. The maximum Gasteiger partial charge on any atom is 0.262 e. The van der Waals surface area contributed by atoms with Gasteiger partial charge >= 0.3 is 0 Å². The zero-order valence-electron chi connectivity index (χ0n) is 18.1. The third kappa shape index (κ3) is 4.31. The Morgan fingerprint density at radius 2 is 1.88 bits per heavy atom. The van der Waals surface area contributed by atoms with E-state index < -0.39 is 0 Å². The molecule has 3 aromatic heterocycles.